The topological polar surface area (TPSA) is 72.5 Å². The van der Waals surface area contributed by atoms with Crippen LogP contribution in [0.4, 0.5) is 15.6 Å². The molecule has 0 saturated heterocycles. The molecular formula is C18H15Cl2N3O3S. The summed E-state index contributed by atoms with van der Waals surface area (Å²) in [5.41, 5.74) is 1.83. The summed E-state index contributed by atoms with van der Waals surface area (Å²) < 4.78 is 10.4. The quantitative estimate of drug-likeness (QED) is 0.545. The van der Waals surface area contributed by atoms with Crippen LogP contribution in [0, 0.1) is 0 Å². The summed E-state index contributed by atoms with van der Waals surface area (Å²) in [7, 11) is 3.07. The first kappa shape index (κ1) is 19.3. The highest BCUT2D eigenvalue weighted by atomic mass is 35.5. The van der Waals surface area contributed by atoms with Gasteiger partial charge in [0.25, 0.3) is 0 Å². The van der Waals surface area contributed by atoms with Gasteiger partial charge in [-0.1, -0.05) is 23.2 Å². The molecule has 3 rings (SSSR count). The number of anilines is 2. The number of methoxy groups -OCH3 is 2. The maximum atomic E-state index is 12.3. The average molecular weight is 424 g/mol. The fourth-order valence-electron chi connectivity index (χ4n) is 2.30. The summed E-state index contributed by atoms with van der Waals surface area (Å²) in [6, 6.07) is 9.78. The van der Waals surface area contributed by atoms with Gasteiger partial charge in [-0.2, -0.15) is 0 Å². The molecule has 1 heterocycles. The Morgan fingerprint density at radius 3 is 2.63 bits per heavy atom. The minimum absolute atomic E-state index is 0.422. The molecule has 0 saturated carbocycles. The number of aromatic nitrogens is 1. The molecule has 140 valence electrons. The van der Waals surface area contributed by atoms with Crippen LogP contribution in [0.25, 0.3) is 11.3 Å². The highest BCUT2D eigenvalue weighted by Crippen LogP contribution is 2.33. The molecule has 1 aromatic heterocycles. The lowest BCUT2D eigenvalue weighted by Crippen LogP contribution is -2.19. The van der Waals surface area contributed by atoms with Crippen LogP contribution in [-0.4, -0.2) is 25.2 Å². The zero-order valence-electron chi connectivity index (χ0n) is 14.4. The van der Waals surface area contributed by atoms with E-state index in [0.29, 0.717) is 43.6 Å². The summed E-state index contributed by atoms with van der Waals surface area (Å²) >= 11 is 13.5. The monoisotopic (exact) mass is 423 g/mol. The lowest BCUT2D eigenvalue weighted by Gasteiger charge is -2.11. The molecule has 0 aliphatic heterocycles. The number of urea groups is 1. The van der Waals surface area contributed by atoms with Gasteiger partial charge in [0.1, 0.15) is 11.5 Å². The van der Waals surface area contributed by atoms with Crippen LogP contribution < -0.4 is 20.1 Å². The third-order valence-electron chi connectivity index (χ3n) is 3.59. The van der Waals surface area contributed by atoms with Crippen LogP contribution in [0.3, 0.4) is 0 Å². The number of benzene rings is 2. The van der Waals surface area contributed by atoms with E-state index in [2.05, 4.69) is 15.6 Å². The van der Waals surface area contributed by atoms with E-state index < -0.39 is 6.03 Å². The lowest BCUT2D eigenvalue weighted by atomic mass is 10.2. The van der Waals surface area contributed by atoms with Gasteiger partial charge < -0.3 is 14.8 Å². The van der Waals surface area contributed by atoms with E-state index in [9.17, 15) is 4.79 Å². The van der Waals surface area contributed by atoms with Gasteiger partial charge in [0, 0.05) is 22.0 Å². The molecule has 0 bridgehead atoms. The standard InChI is InChI=1S/C18H15Cl2N3O3S/c1-25-11-4-6-14(16(8-11)26-2)21-17(24)23-18-22-15(9-27-18)12-7-10(19)3-5-13(12)20/h3-9H,1-2H3,(H2,21,22,23,24). The number of hydrogen-bond acceptors (Lipinski definition) is 5. The molecule has 0 atom stereocenters. The second-order valence-corrected chi connectivity index (χ2v) is 7.01. The Kier molecular flexibility index (Phi) is 6.05. The van der Waals surface area contributed by atoms with Gasteiger partial charge in [-0.15, -0.1) is 11.3 Å². The van der Waals surface area contributed by atoms with Crippen LogP contribution >= 0.6 is 34.5 Å². The summed E-state index contributed by atoms with van der Waals surface area (Å²) in [5.74, 6) is 1.11. The Morgan fingerprint density at radius 1 is 1.07 bits per heavy atom. The molecule has 2 aromatic carbocycles. The maximum absolute atomic E-state index is 12.3. The first-order chi connectivity index (χ1) is 13.0. The molecule has 0 aliphatic carbocycles. The normalized spacial score (nSPS) is 10.4. The second-order valence-electron chi connectivity index (χ2n) is 5.31. The Balaban J connectivity index is 1.72. The Hall–Kier alpha value is -2.48. The van der Waals surface area contributed by atoms with Gasteiger partial charge in [0.2, 0.25) is 0 Å². The first-order valence-electron chi connectivity index (χ1n) is 7.71. The molecule has 3 aromatic rings. The predicted molar refractivity (Wildman–Crippen MR) is 110 cm³/mol. The fraction of sp³-hybridized carbons (Fsp3) is 0.111. The van der Waals surface area contributed by atoms with Gasteiger partial charge in [-0.3, -0.25) is 5.32 Å². The molecule has 0 radical (unpaired) electrons. The SMILES string of the molecule is COc1ccc(NC(=O)Nc2nc(-c3cc(Cl)ccc3Cl)cs2)c(OC)c1. The van der Waals surface area contributed by atoms with Crippen LogP contribution in [0.2, 0.25) is 10.0 Å². The first-order valence-corrected chi connectivity index (χ1v) is 9.34. The van der Waals surface area contributed by atoms with Crippen molar-refractivity contribution < 1.29 is 14.3 Å². The molecule has 0 spiro atoms. The van der Waals surface area contributed by atoms with Gasteiger partial charge in [0.05, 0.1) is 30.6 Å². The highest BCUT2D eigenvalue weighted by molar-refractivity contribution is 7.14. The second kappa shape index (κ2) is 8.47. The zero-order chi connectivity index (χ0) is 19.4. The Labute approximate surface area is 170 Å². The van der Waals surface area contributed by atoms with Crippen molar-refractivity contribution in [3.63, 3.8) is 0 Å². The number of thiazole rings is 1. The molecule has 0 unspecified atom stereocenters. The largest absolute Gasteiger partial charge is 0.497 e. The van der Waals surface area contributed by atoms with Crippen LogP contribution in [0.1, 0.15) is 0 Å². The third kappa shape index (κ3) is 4.63. The molecule has 9 heteroatoms. The van der Waals surface area contributed by atoms with Gasteiger partial charge >= 0.3 is 6.03 Å². The Morgan fingerprint density at radius 2 is 1.89 bits per heavy atom. The van der Waals surface area contributed by atoms with Crippen molar-refractivity contribution in [2.45, 2.75) is 0 Å². The van der Waals surface area contributed by atoms with E-state index in [0.717, 1.165) is 0 Å². The number of nitrogens with one attached hydrogen (secondary N) is 2. The smallest absolute Gasteiger partial charge is 0.325 e. The zero-order valence-corrected chi connectivity index (χ0v) is 16.7. The van der Waals surface area contributed by atoms with E-state index in [1.54, 1.807) is 48.9 Å². The predicted octanol–water partition coefficient (Wildman–Crippen LogP) is 5.78. The third-order valence-corrected chi connectivity index (χ3v) is 4.91. The van der Waals surface area contributed by atoms with Crippen LogP contribution in [0.5, 0.6) is 11.5 Å². The van der Waals surface area contributed by atoms with E-state index >= 15 is 0 Å². The Bertz CT molecular complexity index is 978. The number of amides is 2. The van der Waals surface area contributed by atoms with E-state index in [1.807, 2.05) is 0 Å². The fourth-order valence-corrected chi connectivity index (χ4v) is 3.39. The van der Waals surface area contributed by atoms with Gasteiger partial charge in [-0.25, -0.2) is 9.78 Å². The van der Waals surface area contributed by atoms with Crippen LogP contribution in [0.15, 0.2) is 41.8 Å². The van der Waals surface area contributed by atoms with Gasteiger partial charge in [0.15, 0.2) is 5.13 Å². The molecule has 0 fully saturated rings. The molecule has 27 heavy (non-hydrogen) atoms. The average Bonchev–Trinajstić information content (AvgIpc) is 3.12. The van der Waals surface area contributed by atoms with Crippen molar-refractivity contribution in [3.8, 4) is 22.8 Å². The number of hydrogen-bond donors (Lipinski definition) is 2. The molecule has 2 amide bonds. The van der Waals surface area contributed by atoms with E-state index in [1.165, 1.54) is 18.4 Å². The van der Waals surface area contributed by atoms with Crippen molar-refractivity contribution in [1.29, 1.82) is 0 Å². The molecular weight excluding hydrogens is 409 g/mol. The maximum Gasteiger partial charge on any atom is 0.325 e. The summed E-state index contributed by atoms with van der Waals surface area (Å²) in [6.07, 6.45) is 0. The minimum atomic E-state index is -0.448. The number of ether oxygens (including phenoxy) is 2. The number of halogens is 2. The van der Waals surface area contributed by atoms with Crippen molar-refractivity contribution in [3.05, 3.63) is 51.8 Å². The highest BCUT2D eigenvalue weighted by Gasteiger charge is 2.13. The molecule has 6 nitrogen and oxygen atoms in total. The van der Waals surface area contributed by atoms with E-state index in [4.69, 9.17) is 32.7 Å². The van der Waals surface area contributed by atoms with Crippen molar-refractivity contribution in [1.82, 2.24) is 4.98 Å². The van der Waals surface area contributed by atoms with E-state index in [-0.39, 0.29) is 0 Å². The lowest BCUT2D eigenvalue weighted by molar-refractivity contribution is 0.262. The molecule has 2 N–H and O–H groups in total. The van der Waals surface area contributed by atoms with Gasteiger partial charge in [-0.05, 0) is 30.3 Å². The summed E-state index contributed by atoms with van der Waals surface area (Å²) in [5, 5.41) is 8.71. The van der Waals surface area contributed by atoms with Crippen LogP contribution in [-0.2, 0) is 0 Å². The van der Waals surface area contributed by atoms with Crippen molar-refractivity contribution in [2.24, 2.45) is 0 Å². The minimum Gasteiger partial charge on any atom is -0.497 e. The summed E-state index contributed by atoms with van der Waals surface area (Å²) in [4.78, 5) is 16.7. The number of rotatable bonds is 5. The number of carbonyl (C=O) groups excluding carboxylic acids is 1. The van der Waals surface area contributed by atoms with Crippen molar-refractivity contribution in [2.75, 3.05) is 24.9 Å². The number of carbonyl (C=O) groups is 1. The number of nitrogens with zero attached hydrogens (tertiary/aromatic N) is 1. The summed E-state index contributed by atoms with van der Waals surface area (Å²) in [6.45, 7) is 0. The molecule has 0 aliphatic rings. The van der Waals surface area contributed by atoms with Crippen molar-refractivity contribution >= 4 is 51.4 Å².